The fourth-order valence-corrected chi connectivity index (χ4v) is 3.35. The lowest BCUT2D eigenvalue weighted by atomic mass is 10.1. The van der Waals surface area contributed by atoms with Gasteiger partial charge in [-0.05, 0) is 44.0 Å². The molecular weight excluding hydrogens is 394 g/mol. The molecule has 2 aromatic rings. The second kappa shape index (κ2) is 12.9. The first-order valence-corrected chi connectivity index (χ1v) is 10.8. The lowest BCUT2D eigenvalue weighted by molar-refractivity contribution is -0.133. The largest absolute Gasteiger partial charge is 0.383 e. The van der Waals surface area contributed by atoms with Gasteiger partial charge in [-0.1, -0.05) is 18.2 Å². The van der Waals surface area contributed by atoms with Gasteiger partial charge >= 0.3 is 0 Å². The molecule has 0 fully saturated rings. The van der Waals surface area contributed by atoms with Crippen molar-refractivity contribution >= 4 is 11.8 Å². The number of aromatic nitrogens is 1. The Labute approximate surface area is 185 Å². The maximum atomic E-state index is 13.3. The van der Waals surface area contributed by atoms with Gasteiger partial charge in [-0.2, -0.15) is 0 Å². The minimum Gasteiger partial charge on any atom is -0.383 e. The fourth-order valence-electron chi connectivity index (χ4n) is 3.35. The maximum absolute atomic E-state index is 13.3. The third kappa shape index (κ3) is 7.52. The number of ether oxygens (including phenoxy) is 2. The number of amides is 2. The van der Waals surface area contributed by atoms with Crippen molar-refractivity contribution in [2.24, 2.45) is 7.05 Å². The van der Waals surface area contributed by atoms with Gasteiger partial charge in [0, 0.05) is 57.9 Å². The first-order chi connectivity index (χ1) is 15.0. The average molecular weight is 430 g/mol. The van der Waals surface area contributed by atoms with Gasteiger partial charge in [0.15, 0.2) is 0 Å². The van der Waals surface area contributed by atoms with Gasteiger partial charge in [0.2, 0.25) is 5.91 Å². The van der Waals surface area contributed by atoms with Crippen LogP contribution in [0.3, 0.4) is 0 Å². The van der Waals surface area contributed by atoms with Crippen LogP contribution >= 0.6 is 0 Å². The smallest absolute Gasteiger partial charge is 0.254 e. The highest BCUT2D eigenvalue weighted by Gasteiger charge is 2.23. The first kappa shape index (κ1) is 24.6. The zero-order valence-electron chi connectivity index (χ0n) is 19.2. The summed E-state index contributed by atoms with van der Waals surface area (Å²) < 4.78 is 12.6. The van der Waals surface area contributed by atoms with E-state index in [1.807, 2.05) is 68.1 Å². The second-order valence-electron chi connectivity index (χ2n) is 7.51. The van der Waals surface area contributed by atoms with Gasteiger partial charge in [0.25, 0.3) is 5.91 Å². The van der Waals surface area contributed by atoms with Gasteiger partial charge in [-0.25, -0.2) is 0 Å². The quantitative estimate of drug-likeness (QED) is 0.459. The molecule has 0 radical (unpaired) electrons. The fraction of sp³-hybridized carbons (Fsp3) is 0.500. The average Bonchev–Trinajstić information content (AvgIpc) is 3.17. The zero-order chi connectivity index (χ0) is 22.6. The predicted molar refractivity (Wildman–Crippen MR) is 121 cm³/mol. The van der Waals surface area contributed by atoms with Crippen LogP contribution in [0.5, 0.6) is 0 Å². The molecule has 0 aliphatic rings. The summed E-state index contributed by atoms with van der Waals surface area (Å²) in [5.41, 5.74) is 2.55. The molecule has 2 rings (SSSR count). The highest BCUT2D eigenvalue weighted by atomic mass is 16.5. The molecule has 0 unspecified atom stereocenters. The van der Waals surface area contributed by atoms with Crippen LogP contribution in [-0.2, 0) is 27.9 Å². The predicted octanol–water partition coefficient (Wildman–Crippen LogP) is 2.88. The number of nitrogens with zero attached hydrogens (tertiary/aromatic N) is 3. The summed E-state index contributed by atoms with van der Waals surface area (Å²) in [6, 6.07) is 11.4. The number of benzene rings is 1. The van der Waals surface area contributed by atoms with Gasteiger partial charge < -0.3 is 23.8 Å². The van der Waals surface area contributed by atoms with Crippen LogP contribution in [0.4, 0.5) is 0 Å². The van der Waals surface area contributed by atoms with Crippen LogP contribution in [0.15, 0.2) is 42.6 Å². The highest BCUT2D eigenvalue weighted by Crippen LogP contribution is 2.13. The molecule has 0 saturated heterocycles. The molecule has 0 N–H and O–H groups in total. The van der Waals surface area contributed by atoms with Crippen LogP contribution < -0.4 is 0 Å². The lowest BCUT2D eigenvalue weighted by Gasteiger charge is -2.28. The van der Waals surface area contributed by atoms with Gasteiger partial charge in [-0.3, -0.25) is 9.59 Å². The molecule has 0 spiro atoms. The third-order valence-corrected chi connectivity index (χ3v) is 5.23. The van der Waals surface area contributed by atoms with Crippen molar-refractivity contribution in [2.75, 3.05) is 46.6 Å². The molecule has 7 nitrogen and oxygen atoms in total. The van der Waals surface area contributed by atoms with Crippen molar-refractivity contribution in [1.82, 2.24) is 14.4 Å². The van der Waals surface area contributed by atoms with E-state index in [1.54, 1.807) is 16.9 Å². The zero-order valence-corrected chi connectivity index (χ0v) is 19.2. The van der Waals surface area contributed by atoms with E-state index in [1.165, 1.54) is 0 Å². The standard InChI is InChI=1S/C24H35N3O4/c1-5-31-16-9-14-27(24(29)22-12-7-6-10-20(22)2)19-23(28)26(15-17-30-4)18-21-11-8-13-25(21)3/h6-8,10-13H,5,9,14-19H2,1-4H3. The summed E-state index contributed by atoms with van der Waals surface area (Å²) in [6.07, 6.45) is 2.63. The van der Waals surface area contributed by atoms with Crippen molar-refractivity contribution in [3.8, 4) is 0 Å². The number of aryl methyl sites for hydroxylation is 2. The molecule has 0 bridgehead atoms. The van der Waals surface area contributed by atoms with E-state index in [2.05, 4.69) is 0 Å². The monoisotopic (exact) mass is 429 g/mol. The van der Waals surface area contributed by atoms with E-state index in [0.29, 0.717) is 51.4 Å². The van der Waals surface area contributed by atoms with Gasteiger partial charge in [0.1, 0.15) is 6.54 Å². The number of hydrogen-bond acceptors (Lipinski definition) is 4. The SMILES string of the molecule is CCOCCCN(CC(=O)N(CCOC)Cc1cccn1C)C(=O)c1ccccc1C. The van der Waals surface area contributed by atoms with Crippen molar-refractivity contribution < 1.29 is 19.1 Å². The summed E-state index contributed by atoms with van der Waals surface area (Å²) in [4.78, 5) is 29.9. The van der Waals surface area contributed by atoms with Crippen LogP contribution in [0.25, 0.3) is 0 Å². The van der Waals surface area contributed by atoms with E-state index in [9.17, 15) is 9.59 Å². The molecule has 7 heteroatoms. The Morgan fingerprint density at radius 2 is 1.81 bits per heavy atom. The number of carbonyl (C=O) groups excluding carboxylic acids is 2. The molecule has 170 valence electrons. The molecule has 0 atom stereocenters. The van der Waals surface area contributed by atoms with Crippen molar-refractivity contribution in [3.05, 3.63) is 59.4 Å². The summed E-state index contributed by atoms with van der Waals surface area (Å²) >= 11 is 0. The molecule has 31 heavy (non-hydrogen) atoms. The van der Waals surface area contributed by atoms with E-state index < -0.39 is 0 Å². The second-order valence-corrected chi connectivity index (χ2v) is 7.51. The van der Waals surface area contributed by atoms with E-state index in [-0.39, 0.29) is 18.4 Å². The summed E-state index contributed by atoms with van der Waals surface area (Å²) in [6.45, 7) is 6.89. The van der Waals surface area contributed by atoms with Crippen LogP contribution in [0.2, 0.25) is 0 Å². The summed E-state index contributed by atoms with van der Waals surface area (Å²) in [5.74, 6) is -0.231. The molecule has 2 amide bonds. The lowest BCUT2D eigenvalue weighted by Crippen LogP contribution is -2.44. The van der Waals surface area contributed by atoms with Gasteiger partial charge in [-0.15, -0.1) is 0 Å². The van der Waals surface area contributed by atoms with Crippen LogP contribution in [-0.4, -0.2) is 72.7 Å². The molecule has 0 saturated carbocycles. The minimum atomic E-state index is -0.131. The summed E-state index contributed by atoms with van der Waals surface area (Å²) in [5, 5.41) is 0. The number of carbonyl (C=O) groups is 2. The van der Waals surface area contributed by atoms with Crippen molar-refractivity contribution in [2.45, 2.75) is 26.8 Å². The first-order valence-electron chi connectivity index (χ1n) is 10.8. The molecule has 0 aliphatic heterocycles. The topological polar surface area (TPSA) is 64.0 Å². The molecule has 1 aromatic carbocycles. The number of hydrogen-bond donors (Lipinski definition) is 0. The van der Waals surface area contributed by atoms with Crippen LogP contribution in [0, 0.1) is 6.92 Å². The van der Waals surface area contributed by atoms with E-state index >= 15 is 0 Å². The minimum absolute atomic E-state index is 0.0213. The number of rotatable bonds is 13. The van der Waals surface area contributed by atoms with Crippen LogP contribution in [0.1, 0.15) is 35.0 Å². The Morgan fingerprint density at radius 3 is 2.45 bits per heavy atom. The molecule has 1 heterocycles. The number of methoxy groups -OCH3 is 1. The Kier molecular flexibility index (Phi) is 10.3. The third-order valence-electron chi connectivity index (χ3n) is 5.23. The maximum Gasteiger partial charge on any atom is 0.254 e. The summed E-state index contributed by atoms with van der Waals surface area (Å²) in [7, 11) is 3.57. The van der Waals surface area contributed by atoms with Crippen molar-refractivity contribution in [1.29, 1.82) is 0 Å². The highest BCUT2D eigenvalue weighted by molar-refractivity contribution is 5.97. The normalized spacial score (nSPS) is 10.8. The Balaban J connectivity index is 2.16. The Bertz CT molecular complexity index is 834. The Morgan fingerprint density at radius 1 is 1.03 bits per heavy atom. The molecule has 0 aliphatic carbocycles. The molecule has 1 aromatic heterocycles. The Hall–Kier alpha value is -2.64. The molecular formula is C24H35N3O4. The van der Waals surface area contributed by atoms with E-state index in [4.69, 9.17) is 9.47 Å². The van der Waals surface area contributed by atoms with E-state index in [0.717, 1.165) is 11.3 Å². The van der Waals surface area contributed by atoms with Gasteiger partial charge in [0.05, 0.1) is 13.2 Å². The van der Waals surface area contributed by atoms with Crippen molar-refractivity contribution in [3.63, 3.8) is 0 Å².